The summed E-state index contributed by atoms with van der Waals surface area (Å²) in [7, 11) is 1.78. The molecule has 1 aromatic heterocycles. The molecular formula is C18H26N4OS. The summed E-state index contributed by atoms with van der Waals surface area (Å²) >= 11 is 1.65. The van der Waals surface area contributed by atoms with Gasteiger partial charge in [-0.1, -0.05) is 19.1 Å². The molecule has 0 radical (unpaired) electrons. The standard InChI is InChI=1S/C18H26N4OS/c1-5-8-23-16-9-13(2)6-7-15(16)10-20-18(19-4)21-11-17-14(3)22-12-24-17/h6-7,9,12H,5,8,10-11H2,1-4H3,(H2,19,20,21). The minimum atomic E-state index is 0.667. The molecule has 0 fully saturated rings. The molecule has 0 saturated heterocycles. The maximum Gasteiger partial charge on any atom is 0.191 e. The molecule has 130 valence electrons. The number of nitrogens with zero attached hydrogens (tertiary/aromatic N) is 2. The highest BCUT2D eigenvalue weighted by molar-refractivity contribution is 7.09. The fourth-order valence-electron chi connectivity index (χ4n) is 2.21. The second-order valence-electron chi connectivity index (χ2n) is 5.60. The molecule has 0 saturated carbocycles. The molecule has 0 unspecified atom stereocenters. The van der Waals surface area contributed by atoms with Crippen molar-refractivity contribution in [1.82, 2.24) is 15.6 Å². The number of guanidine groups is 1. The number of ether oxygens (including phenoxy) is 1. The highest BCUT2D eigenvalue weighted by Gasteiger charge is 2.07. The van der Waals surface area contributed by atoms with Crippen molar-refractivity contribution in [2.24, 2.45) is 4.99 Å². The molecule has 0 aliphatic rings. The molecule has 0 spiro atoms. The summed E-state index contributed by atoms with van der Waals surface area (Å²) in [5.74, 6) is 1.71. The van der Waals surface area contributed by atoms with Gasteiger partial charge in [0.05, 0.1) is 24.4 Å². The number of hydrogen-bond donors (Lipinski definition) is 2. The van der Waals surface area contributed by atoms with Crippen LogP contribution in [0.3, 0.4) is 0 Å². The maximum absolute atomic E-state index is 5.86. The minimum absolute atomic E-state index is 0.667. The molecule has 1 aromatic carbocycles. The Morgan fingerprint density at radius 3 is 2.71 bits per heavy atom. The van der Waals surface area contributed by atoms with Crippen LogP contribution in [0.1, 0.15) is 35.0 Å². The van der Waals surface area contributed by atoms with E-state index >= 15 is 0 Å². The van der Waals surface area contributed by atoms with Gasteiger partial charge in [-0.05, 0) is 31.9 Å². The quantitative estimate of drug-likeness (QED) is 0.596. The summed E-state index contributed by atoms with van der Waals surface area (Å²) in [5, 5.41) is 6.67. The minimum Gasteiger partial charge on any atom is -0.493 e. The fourth-order valence-corrected chi connectivity index (χ4v) is 2.93. The van der Waals surface area contributed by atoms with Crippen LogP contribution in [0.2, 0.25) is 0 Å². The second-order valence-corrected chi connectivity index (χ2v) is 6.54. The molecule has 0 bridgehead atoms. The van der Waals surface area contributed by atoms with Crippen molar-refractivity contribution in [2.45, 2.75) is 40.3 Å². The number of aryl methyl sites for hydroxylation is 2. The van der Waals surface area contributed by atoms with Gasteiger partial charge in [0.1, 0.15) is 5.75 Å². The molecule has 6 heteroatoms. The Balaban J connectivity index is 1.94. The normalized spacial score (nSPS) is 11.4. The molecule has 1 heterocycles. The molecule has 2 aromatic rings. The van der Waals surface area contributed by atoms with E-state index in [0.717, 1.165) is 42.5 Å². The highest BCUT2D eigenvalue weighted by atomic mass is 32.1. The first-order chi connectivity index (χ1) is 11.6. The van der Waals surface area contributed by atoms with E-state index in [0.29, 0.717) is 6.54 Å². The fraction of sp³-hybridized carbons (Fsp3) is 0.444. The van der Waals surface area contributed by atoms with Crippen LogP contribution >= 0.6 is 11.3 Å². The van der Waals surface area contributed by atoms with Crippen molar-refractivity contribution < 1.29 is 4.74 Å². The van der Waals surface area contributed by atoms with Crippen LogP contribution in [0, 0.1) is 13.8 Å². The van der Waals surface area contributed by atoms with Crippen LogP contribution in [-0.4, -0.2) is 24.6 Å². The van der Waals surface area contributed by atoms with E-state index in [9.17, 15) is 0 Å². The van der Waals surface area contributed by atoms with Crippen LogP contribution in [0.5, 0.6) is 5.75 Å². The van der Waals surface area contributed by atoms with Crippen molar-refractivity contribution in [3.8, 4) is 5.75 Å². The Bertz CT molecular complexity index is 681. The summed E-state index contributed by atoms with van der Waals surface area (Å²) < 4.78 is 5.86. The Morgan fingerprint density at radius 1 is 1.25 bits per heavy atom. The monoisotopic (exact) mass is 346 g/mol. The van der Waals surface area contributed by atoms with Gasteiger partial charge in [0.2, 0.25) is 0 Å². The molecular weight excluding hydrogens is 320 g/mol. The van der Waals surface area contributed by atoms with E-state index in [4.69, 9.17) is 4.74 Å². The third-order valence-corrected chi connectivity index (χ3v) is 4.55. The van der Waals surface area contributed by atoms with E-state index in [1.807, 2.05) is 12.4 Å². The lowest BCUT2D eigenvalue weighted by molar-refractivity contribution is 0.313. The predicted octanol–water partition coefficient (Wildman–Crippen LogP) is 3.41. The van der Waals surface area contributed by atoms with E-state index in [1.54, 1.807) is 18.4 Å². The van der Waals surface area contributed by atoms with E-state index in [2.05, 4.69) is 52.7 Å². The smallest absolute Gasteiger partial charge is 0.191 e. The third-order valence-electron chi connectivity index (χ3n) is 3.62. The summed E-state index contributed by atoms with van der Waals surface area (Å²) in [6.07, 6.45) is 0.998. The Labute approximate surface area is 148 Å². The van der Waals surface area contributed by atoms with Crippen molar-refractivity contribution in [2.75, 3.05) is 13.7 Å². The first kappa shape index (κ1) is 18.3. The van der Waals surface area contributed by atoms with Crippen molar-refractivity contribution in [3.63, 3.8) is 0 Å². The van der Waals surface area contributed by atoms with Crippen LogP contribution in [0.15, 0.2) is 28.7 Å². The van der Waals surface area contributed by atoms with Crippen LogP contribution in [-0.2, 0) is 13.1 Å². The highest BCUT2D eigenvalue weighted by Crippen LogP contribution is 2.20. The zero-order valence-corrected chi connectivity index (χ0v) is 15.7. The van der Waals surface area contributed by atoms with E-state index < -0.39 is 0 Å². The molecule has 0 atom stereocenters. The average molecular weight is 347 g/mol. The summed E-state index contributed by atoms with van der Waals surface area (Å²) in [6, 6.07) is 6.30. The van der Waals surface area contributed by atoms with Crippen molar-refractivity contribution in [3.05, 3.63) is 45.4 Å². The molecule has 0 aliphatic heterocycles. The van der Waals surface area contributed by atoms with Gasteiger partial charge in [-0.3, -0.25) is 4.99 Å². The Hall–Kier alpha value is -2.08. The molecule has 2 rings (SSSR count). The summed E-state index contributed by atoms with van der Waals surface area (Å²) in [4.78, 5) is 9.77. The van der Waals surface area contributed by atoms with Gasteiger partial charge in [-0.2, -0.15) is 0 Å². The van der Waals surface area contributed by atoms with Gasteiger partial charge >= 0.3 is 0 Å². The van der Waals surface area contributed by atoms with Crippen LogP contribution < -0.4 is 15.4 Å². The number of thiazole rings is 1. The number of aliphatic imine (C=N–C) groups is 1. The van der Waals surface area contributed by atoms with Gasteiger partial charge < -0.3 is 15.4 Å². The SMILES string of the molecule is CCCOc1cc(C)ccc1CNC(=NC)NCc1scnc1C. The molecule has 0 amide bonds. The van der Waals surface area contributed by atoms with Crippen LogP contribution in [0.25, 0.3) is 0 Å². The number of aromatic nitrogens is 1. The predicted molar refractivity (Wildman–Crippen MR) is 101 cm³/mol. The van der Waals surface area contributed by atoms with Crippen molar-refractivity contribution in [1.29, 1.82) is 0 Å². The maximum atomic E-state index is 5.86. The van der Waals surface area contributed by atoms with E-state index in [-0.39, 0.29) is 0 Å². The number of hydrogen-bond acceptors (Lipinski definition) is 4. The van der Waals surface area contributed by atoms with Gasteiger partial charge in [-0.25, -0.2) is 4.98 Å². The molecule has 5 nitrogen and oxygen atoms in total. The molecule has 24 heavy (non-hydrogen) atoms. The zero-order valence-electron chi connectivity index (χ0n) is 14.8. The number of rotatable bonds is 7. The lowest BCUT2D eigenvalue weighted by Crippen LogP contribution is -2.36. The largest absolute Gasteiger partial charge is 0.493 e. The zero-order chi connectivity index (χ0) is 17.4. The second kappa shape index (κ2) is 9.27. The lowest BCUT2D eigenvalue weighted by atomic mass is 10.1. The van der Waals surface area contributed by atoms with Gasteiger partial charge in [0.25, 0.3) is 0 Å². The number of benzene rings is 1. The summed E-state index contributed by atoms with van der Waals surface area (Å²) in [6.45, 7) is 8.33. The van der Waals surface area contributed by atoms with Crippen LogP contribution in [0.4, 0.5) is 0 Å². The lowest BCUT2D eigenvalue weighted by Gasteiger charge is -2.15. The average Bonchev–Trinajstić information content (AvgIpc) is 2.99. The topological polar surface area (TPSA) is 58.5 Å². The van der Waals surface area contributed by atoms with Gasteiger partial charge in [0.15, 0.2) is 5.96 Å². The Kier molecular flexibility index (Phi) is 7.06. The van der Waals surface area contributed by atoms with Gasteiger partial charge in [0, 0.05) is 24.0 Å². The van der Waals surface area contributed by atoms with Crippen molar-refractivity contribution >= 4 is 17.3 Å². The first-order valence-electron chi connectivity index (χ1n) is 8.19. The Morgan fingerprint density at radius 2 is 2.04 bits per heavy atom. The van der Waals surface area contributed by atoms with Gasteiger partial charge in [-0.15, -0.1) is 11.3 Å². The summed E-state index contributed by atoms with van der Waals surface area (Å²) in [5.41, 5.74) is 5.27. The third kappa shape index (κ3) is 5.23. The molecule has 2 N–H and O–H groups in total. The number of nitrogens with one attached hydrogen (secondary N) is 2. The first-order valence-corrected chi connectivity index (χ1v) is 9.07. The molecule has 0 aliphatic carbocycles. The van der Waals surface area contributed by atoms with E-state index in [1.165, 1.54) is 10.4 Å².